The van der Waals surface area contributed by atoms with Crippen molar-refractivity contribution in [2.75, 3.05) is 13.6 Å². The summed E-state index contributed by atoms with van der Waals surface area (Å²) < 4.78 is 38.6. The Balaban J connectivity index is 1.48. The van der Waals surface area contributed by atoms with Crippen molar-refractivity contribution in [2.45, 2.75) is 12.7 Å². The second-order valence-electron chi connectivity index (χ2n) is 7.99. The van der Waals surface area contributed by atoms with Crippen molar-refractivity contribution in [3.05, 3.63) is 89.1 Å². The highest BCUT2D eigenvalue weighted by molar-refractivity contribution is 6.04. The molecule has 9 heteroatoms. The molecule has 0 atom stereocenters. The molecule has 0 saturated heterocycles. The molecule has 6 nitrogen and oxygen atoms in total. The van der Waals surface area contributed by atoms with Crippen LogP contribution >= 0.6 is 0 Å². The van der Waals surface area contributed by atoms with Crippen LogP contribution in [0.1, 0.15) is 32.0 Å². The van der Waals surface area contributed by atoms with Crippen LogP contribution in [-0.2, 0) is 12.7 Å². The van der Waals surface area contributed by atoms with Crippen molar-refractivity contribution in [1.82, 2.24) is 15.6 Å². The molecular formula is C26H22F3N3O3. The van der Waals surface area contributed by atoms with Crippen molar-refractivity contribution in [3.63, 3.8) is 0 Å². The number of phenols is 1. The van der Waals surface area contributed by atoms with E-state index in [1.54, 1.807) is 36.4 Å². The number of alkyl halides is 3. The fourth-order valence-corrected chi connectivity index (χ4v) is 3.86. The summed E-state index contributed by atoms with van der Waals surface area (Å²) in [5.74, 6) is -0.695. The molecule has 0 aliphatic carbocycles. The van der Waals surface area contributed by atoms with Crippen molar-refractivity contribution in [1.29, 1.82) is 0 Å². The van der Waals surface area contributed by atoms with Crippen LogP contribution in [0.2, 0.25) is 0 Å². The standard InChI is InChI=1S/C26H22F3N3O3/c1-30-25(35)22-12-20-18(6-3-7-21(20)32-22)19-9-8-16(11-23(19)33)24(34)14-31-13-15-4-2-5-17(10-15)26(27,28)29/h2-12,31-33H,13-14H2,1H3,(H,30,35). The summed E-state index contributed by atoms with van der Waals surface area (Å²) in [7, 11) is 1.53. The van der Waals surface area contributed by atoms with Gasteiger partial charge in [0.2, 0.25) is 0 Å². The van der Waals surface area contributed by atoms with E-state index in [1.165, 1.54) is 19.2 Å². The number of halogens is 3. The van der Waals surface area contributed by atoms with E-state index in [1.807, 2.05) is 6.07 Å². The van der Waals surface area contributed by atoms with E-state index in [0.717, 1.165) is 23.0 Å². The average molecular weight is 481 g/mol. The summed E-state index contributed by atoms with van der Waals surface area (Å²) in [6.07, 6.45) is -4.43. The number of Topliss-reactive ketones (excluding diaryl/α,β-unsaturated/α-hetero) is 1. The van der Waals surface area contributed by atoms with Crippen molar-refractivity contribution in [3.8, 4) is 16.9 Å². The summed E-state index contributed by atoms with van der Waals surface area (Å²) in [5.41, 5.74) is 2.20. The third-order valence-electron chi connectivity index (χ3n) is 5.61. The van der Waals surface area contributed by atoms with Gasteiger partial charge in [0.15, 0.2) is 5.78 Å². The van der Waals surface area contributed by atoms with Crippen LogP contribution in [0, 0.1) is 0 Å². The summed E-state index contributed by atoms with van der Waals surface area (Å²) in [6, 6.07) is 16.6. The molecule has 0 bridgehead atoms. The van der Waals surface area contributed by atoms with E-state index >= 15 is 0 Å². The Labute approximate surface area is 198 Å². The summed E-state index contributed by atoms with van der Waals surface area (Å²) in [4.78, 5) is 27.6. The van der Waals surface area contributed by atoms with Crippen LogP contribution in [0.4, 0.5) is 13.2 Å². The number of nitrogens with one attached hydrogen (secondary N) is 3. The first-order valence-corrected chi connectivity index (χ1v) is 10.7. The molecule has 1 amide bonds. The van der Waals surface area contributed by atoms with E-state index < -0.39 is 11.7 Å². The van der Waals surface area contributed by atoms with E-state index in [-0.39, 0.29) is 36.1 Å². The molecule has 4 rings (SSSR count). The minimum absolute atomic E-state index is 0.0862. The van der Waals surface area contributed by atoms with Crippen molar-refractivity contribution >= 4 is 22.6 Å². The summed E-state index contributed by atoms with van der Waals surface area (Å²) in [6.45, 7) is -0.0270. The number of hydrogen-bond donors (Lipinski definition) is 4. The Hall–Kier alpha value is -4.11. The molecule has 1 heterocycles. The maximum Gasteiger partial charge on any atom is 0.416 e. The number of phenolic OH excluding ortho intramolecular Hbond substituents is 1. The third kappa shape index (κ3) is 5.20. The maximum absolute atomic E-state index is 12.9. The highest BCUT2D eigenvalue weighted by Crippen LogP contribution is 2.35. The monoisotopic (exact) mass is 481 g/mol. The molecule has 180 valence electrons. The predicted octanol–water partition coefficient (Wildman–Crippen LogP) is 4.89. The van der Waals surface area contributed by atoms with Crippen LogP contribution in [0.25, 0.3) is 22.0 Å². The number of aromatic nitrogens is 1. The number of carbonyl (C=O) groups excluding carboxylic acids is 2. The largest absolute Gasteiger partial charge is 0.507 e. The highest BCUT2D eigenvalue weighted by atomic mass is 19.4. The van der Waals surface area contributed by atoms with Crippen LogP contribution in [-0.4, -0.2) is 35.4 Å². The normalized spacial score (nSPS) is 11.5. The van der Waals surface area contributed by atoms with E-state index in [4.69, 9.17) is 0 Å². The molecular weight excluding hydrogens is 459 g/mol. The lowest BCUT2D eigenvalue weighted by molar-refractivity contribution is -0.137. The number of hydrogen-bond acceptors (Lipinski definition) is 4. The van der Waals surface area contributed by atoms with Gasteiger partial charge in [-0.15, -0.1) is 0 Å². The predicted molar refractivity (Wildman–Crippen MR) is 126 cm³/mol. The number of rotatable bonds is 7. The van der Waals surface area contributed by atoms with Crippen LogP contribution in [0.3, 0.4) is 0 Å². The first-order chi connectivity index (χ1) is 16.7. The molecule has 35 heavy (non-hydrogen) atoms. The van der Waals surface area contributed by atoms with E-state index in [2.05, 4.69) is 15.6 Å². The van der Waals surface area contributed by atoms with E-state index in [9.17, 15) is 27.9 Å². The molecule has 0 radical (unpaired) electrons. The molecule has 0 aliphatic rings. The molecule has 3 aromatic carbocycles. The van der Waals surface area contributed by atoms with Gasteiger partial charge in [-0.25, -0.2) is 0 Å². The lowest BCUT2D eigenvalue weighted by Crippen LogP contribution is -2.22. The Bertz CT molecular complexity index is 1410. The number of amides is 1. The second kappa shape index (κ2) is 9.63. The summed E-state index contributed by atoms with van der Waals surface area (Å²) in [5, 5.41) is 16.8. The van der Waals surface area contributed by atoms with Gasteiger partial charge in [-0.3, -0.25) is 9.59 Å². The van der Waals surface area contributed by atoms with Gasteiger partial charge in [0, 0.05) is 35.6 Å². The fourth-order valence-electron chi connectivity index (χ4n) is 3.86. The van der Waals surface area contributed by atoms with Gasteiger partial charge in [-0.2, -0.15) is 13.2 Å². The number of benzene rings is 3. The zero-order valence-corrected chi connectivity index (χ0v) is 18.7. The molecule has 0 spiro atoms. The van der Waals surface area contributed by atoms with Gasteiger partial charge in [0.05, 0.1) is 12.1 Å². The van der Waals surface area contributed by atoms with Gasteiger partial charge in [0.25, 0.3) is 5.91 Å². The van der Waals surface area contributed by atoms with Crippen molar-refractivity contribution in [2.24, 2.45) is 0 Å². The van der Waals surface area contributed by atoms with Gasteiger partial charge in [-0.05, 0) is 41.5 Å². The molecule has 0 fully saturated rings. The quantitative estimate of drug-likeness (QED) is 0.283. The molecule has 0 saturated carbocycles. The second-order valence-corrected chi connectivity index (χ2v) is 7.99. The van der Waals surface area contributed by atoms with Crippen LogP contribution in [0.15, 0.2) is 66.7 Å². The minimum atomic E-state index is -4.43. The Morgan fingerprint density at radius 1 is 0.971 bits per heavy atom. The van der Waals surface area contributed by atoms with Gasteiger partial charge in [0.1, 0.15) is 11.4 Å². The fraction of sp³-hybridized carbons (Fsp3) is 0.154. The number of aromatic hydroxyl groups is 1. The Kier molecular flexibility index (Phi) is 6.61. The first kappa shape index (κ1) is 24.0. The maximum atomic E-state index is 12.9. The van der Waals surface area contributed by atoms with Gasteiger partial charge < -0.3 is 20.7 Å². The zero-order valence-electron chi connectivity index (χ0n) is 18.7. The first-order valence-electron chi connectivity index (χ1n) is 10.7. The molecule has 4 aromatic rings. The smallest absolute Gasteiger partial charge is 0.416 e. The zero-order chi connectivity index (χ0) is 25.2. The SMILES string of the molecule is CNC(=O)c1cc2c(-c3ccc(C(=O)CNCc4cccc(C(F)(F)F)c4)cc3O)cccc2[nH]1. The Morgan fingerprint density at radius 2 is 1.74 bits per heavy atom. The Morgan fingerprint density at radius 3 is 2.46 bits per heavy atom. The lowest BCUT2D eigenvalue weighted by Gasteiger charge is -2.10. The van der Waals surface area contributed by atoms with Crippen LogP contribution < -0.4 is 10.6 Å². The number of H-pyrrole nitrogens is 1. The van der Waals surface area contributed by atoms with Gasteiger partial charge in [-0.1, -0.05) is 36.4 Å². The number of ketones is 1. The minimum Gasteiger partial charge on any atom is -0.507 e. The average Bonchev–Trinajstić information content (AvgIpc) is 3.28. The van der Waals surface area contributed by atoms with Crippen molar-refractivity contribution < 1.29 is 27.9 Å². The number of aromatic amines is 1. The molecule has 0 unspecified atom stereocenters. The van der Waals surface area contributed by atoms with Gasteiger partial charge >= 0.3 is 6.18 Å². The van der Waals surface area contributed by atoms with Crippen LogP contribution in [0.5, 0.6) is 5.75 Å². The number of carbonyl (C=O) groups is 2. The lowest BCUT2D eigenvalue weighted by atomic mass is 9.98. The molecule has 0 aliphatic heterocycles. The number of fused-ring (bicyclic) bond motifs is 1. The third-order valence-corrected chi connectivity index (χ3v) is 5.61. The van der Waals surface area contributed by atoms with E-state index in [0.29, 0.717) is 22.4 Å². The molecule has 4 N–H and O–H groups in total. The molecule has 1 aromatic heterocycles. The topological polar surface area (TPSA) is 94.2 Å². The summed E-state index contributed by atoms with van der Waals surface area (Å²) >= 11 is 0. The highest BCUT2D eigenvalue weighted by Gasteiger charge is 2.30.